The Hall–Kier alpha value is -0.980. The number of carbonyl (C=O) groups excluding carboxylic acids is 2. The van der Waals surface area contributed by atoms with Gasteiger partial charge in [-0.25, -0.2) is 4.79 Å². The van der Waals surface area contributed by atoms with Crippen molar-refractivity contribution in [2.45, 2.75) is 6.92 Å². The summed E-state index contributed by atoms with van der Waals surface area (Å²) in [7, 11) is 0. The third-order valence-corrected chi connectivity index (χ3v) is 5.21. The van der Waals surface area contributed by atoms with Gasteiger partial charge in [0, 0.05) is 4.88 Å². The first-order valence-electron chi connectivity index (χ1n) is 6.16. The van der Waals surface area contributed by atoms with Crippen molar-refractivity contribution in [2.75, 3.05) is 11.9 Å². The summed E-state index contributed by atoms with van der Waals surface area (Å²) in [5.41, 5.74) is 0.0684. The van der Waals surface area contributed by atoms with E-state index in [0.717, 1.165) is 4.88 Å². The molecule has 1 aromatic heterocycles. The van der Waals surface area contributed by atoms with Gasteiger partial charge >= 0.3 is 5.97 Å². The van der Waals surface area contributed by atoms with Crippen LogP contribution in [-0.2, 0) is 9.53 Å². The number of anilines is 1. The van der Waals surface area contributed by atoms with Crippen LogP contribution in [0.2, 0.25) is 20.1 Å². The number of carbonyl (C=O) groups is 2. The Morgan fingerprint density at radius 1 is 1.13 bits per heavy atom. The van der Waals surface area contributed by atoms with Crippen LogP contribution in [0.5, 0.6) is 0 Å². The van der Waals surface area contributed by atoms with Gasteiger partial charge in [-0.05, 0) is 25.1 Å². The lowest BCUT2D eigenvalue weighted by Crippen LogP contribution is -2.21. The van der Waals surface area contributed by atoms with E-state index in [1.165, 1.54) is 17.4 Å². The highest BCUT2D eigenvalue weighted by Crippen LogP contribution is 2.40. The van der Waals surface area contributed by atoms with Crippen molar-refractivity contribution in [3.63, 3.8) is 0 Å². The van der Waals surface area contributed by atoms with Crippen LogP contribution in [0.4, 0.5) is 5.69 Å². The van der Waals surface area contributed by atoms with Crippen LogP contribution in [0.3, 0.4) is 0 Å². The van der Waals surface area contributed by atoms with E-state index in [2.05, 4.69) is 5.32 Å². The average molecular weight is 413 g/mol. The molecule has 0 unspecified atom stereocenters. The Bertz CT molecular complexity index is 749. The second kappa shape index (κ2) is 7.73. The minimum atomic E-state index is -0.617. The number of amides is 1. The molecule has 1 N–H and O–H groups in total. The second-order valence-corrected chi connectivity index (χ2v) is 7.24. The fourth-order valence-corrected chi connectivity index (χ4v) is 3.27. The van der Waals surface area contributed by atoms with E-state index in [4.69, 9.17) is 51.1 Å². The molecule has 1 heterocycles. The molecule has 0 saturated carbocycles. The zero-order valence-corrected chi connectivity index (χ0v) is 15.4. The van der Waals surface area contributed by atoms with Crippen molar-refractivity contribution in [3.8, 4) is 0 Å². The van der Waals surface area contributed by atoms with Gasteiger partial charge < -0.3 is 10.1 Å². The van der Waals surface area contributed by atoms with Gasteiger partial charge in [0.05, 0.1) is 25.8 Å². The SMILES string of the molecule is Cc1ccc(C(=O)OCC(=O)Nc2c(Cl)c(Cl)cc(Cl)c2Cl)s1. The molecular weight excluding hydrogens is 404 g/mol. The van der Waals surface area contributed by atoms with Crippen molar-refractivity contribution in [2.24, 2.45) is 0 Å². The van der Waals surface area contributed by atoms with Gasteiger partial charge in [-0.3, -0.25) is 4.79 Å². The zero-order valence-electron chi connectivity index (χ0n) is 11.6. The van der Waals surface area contributed by atoms with Crippen molar-refractivity contribution in [1.29, 1.82) is 0 Å². The van der Waals surface area contributed by atoms with Crippen LogP contribution in [0.25, 0.3) is 0 Å². The van der Waals surface area contributed by atoms with Gasteiger partial charge in [-0.2, -0.15) is 0 Å². The van der Waals surface area contributed by atoms with Gasteiger partial charge in [-0.15, -0.1) is 11.3 Å². The summed E-state index contributed by atoms with van der Waals surface area (Å²) in [4.78, 5) is 25.0. The van der Waals surface area contributed by atoms with Crippen LogP contribution in [0, 0.1) is 6.92 Å². The maximum absolute atomic E-state index is 11.9. The van der Waals surface area contributed by atoms with E-state index in [9.17, 15) is 9.59 Å². The van der Waals surface area contributed by atoms with Crippen LogP contribution >= 0.6 is 57.7 Å². The van der Waals surface area contributed by atoms with Crippen molar-refractivity contribution >= 4 is 75.3 Å². The maximum atomic E-state index is 11.9. The van der Waals surface area contributed by atoms with Gasteiger partial charge in [0.15, 0.2) is 6.61 Å². The second-order valence-electron chi connectivity index (χ2n) is 4.38. The molecule has 1 amide bonds. The van der Waals surface area contributed by atoms with Crippen molar-refractivity contribution in [1.82, 2.24) is 0 Å². The third-order valence-electron chi connectivity index (χ3n) is 2.65. The van der Waals surface area contributed by atoms with Gasteiger partial charge in [0.2, 0.25) is 0 Å². The monoisotopic (exact) mass is 411 g/mol. The maximum Gasteiger partial charge on any atom is 0.348 e. The first kappa shape index (κ1) is 18.4. The van der Waals surface area contributed by atoms with Crippen LogP contribution in [0.1, 0.15) is 14.5 Å². The number of nitrogens with one attached hydrogen (secondary N) is 1. The highest BCUT2D eigenvalue weighted by Gasteiger charge is 2.18. The molecule has 2 aromatic rings. The first-order valence-corrected chi connectivity index (χ1v) is 8.49. The summed E-state index contributed by atoms with van der Waals surface area (Å²) in [6.07, 6.45) is 0. The van der Waals surface area contributed by atoms with Gasteiger partial charge in [0.1, 0.15) is 4.88 Å². The van der Waals surface area contributed by atoms with Crippen LogP contribution in [0.15, 0.2) is 18.2 Å². The lowest BCUT2D eigenvalue weighted by atomic mass is 10.3. The Morgan fingerprint density at radius 3 is 2.26 bits per heavy atom. The predicted molar refractivity (Wildman–Crippen MR) is 94.5 cm³/mol. The minimum Gasteiger partial charge on any atom is -0.451 e. The topological polar surface area (TPSA) is 55.4 Å². The Balaban J connectivity index is 2.02. The first-order chi connectivity index (χ1) is 10.8. The molecule has 4 nitrogen and oxygen atoms in total. The molecule has 0 atom stereocenters. The summed E-state index contributed by atoms with van der Waals surface area (Å²) in [6, 6.07) is 4.78. The number of ether oxygens (including phenoxy) is 1. The number of thiophene rings is 1. The van der Waals surface area contributed by atoms with E-state index >= 15 is 0 Å². The minimum absolute atomic E-state index is 0.0506. The molecule has 0 spiro atoms. The quantitative estimate of drug-likeness (QED) is 0.535. The summed E-state index contributed by atoms with van der Waals surface area (Å²) in [5.74, 6) is -1.20. The molecule has 122 valence electrons. The fraction of sp³-hybridized carbons (Fsp3) is 0.143. The molecule has 9 heteroatoms. The number of hydrogen-bond acceptors (Lipinski definition) is 4. The van der Waals surface area contributed by atoms with Crippen molar-refractivity contribution < 1.29 is 14.3 Å². The number of esters is 1. The smallest absolute Gasteiger partial charge is 0.348 e. The van der Waals surface area contributed by atoms with Crippen LogP contribution in [-0.4, -0.2) is 18.5 Å². The van der Waals surface area contributed by atoms with E-state index in [-0.39, 0.29) is 25.8 Å². The summed E-state index contributed by atoms with van der Waals surface area (Å²) in [5, 5.41) is 2.81. The van der Waals surface area contributed by atoms with Crippen molar-refractivity contribution in [3.05, 3.63) is 48.0 Å². The number of aryl methyl sites for hydroxylation is 1. The number of hydrogen-bond donors (Lipinski definition) is 1. The van der Waals surface area contributed by atoms with Gasteiger partial charge in [-0.1, -0.05) is 46.4 Å². The molecule has 0 aliphatic rings. The summed E-state index contributed by atoms with van der Waals surface area (Å²) >= 11 is 25.0. The predicted octanol–water partition coefficient (Wildman–Crippen LogP) is 5.47. The summed E-state index contributed by atoms with van der Waals surface area (Å²) < 4.78 is 4.92. The molecule has 0 fully saturated rings. The Morgan fingerprint density at radius 2 is 1.74 bits per heavy atom. The van der Waals surface area contributed by atoms with Gasteiger partial charge in [0.25, 0.3) is 5.91 Å². The average Bonchev–Trinajstić information content (AvgIpc) is 2.94. The fourth-order valence-electron chi connectivity index (χ4n) is 1.60. The highest BCUT2D eigenvalue weighted by molar-refractivity contribution is 7.13. The Kier molecular flexibility index (Phi) is 6.17. The molecule has 23 heavy (non-hydrogen) atoms. The Labute approximate surface area is 156 Å². The normalized spacial score (nSPS) is 10.5. The molecule has 0 saturated heterocycles. The molecule has 0 aliphatic carbocycles. The van der Waals surface area contributed by atoms with E-state index in [0.29, 0.717) is 4.88 Å². The molecule has 0 bridgehead atoms. The largest absolute Gasteiger partial charge is 0.451 e. The summed E-state index contributed by atoms with van der Waals surface area (Å²) in [6.45, 7) is 1.37. The highest BCUT2D eigenvalue weighted by atomic mass is 35.5. The number of rotatable bonds is 4. The lowest BCUT2D eigenvalue weighted by Gasteiger charge is -2.11. The van der Waals surface area contributed by atoms with E-state index in [1.807, 2.05) is 6.92 Å². The molecule has 0 aliphatic heterocycles. The lowest BCUT2D eigenvalue weighted by molar-refractivity contribution is -0.119. The number of halogens is 4. The molecule has 0 radical (unpaired) electrons. The third kappa shape index (κ3) is 4.52. The van der Waals surface area contributed by atoms with E-state index in [1.54, 1.807) is 12.1 Å². The standard InChI is InChI=1S/C14H9Cl4NO3S/c1-6-2-3-9(23-6)14(21)22-5-10(20)19-13-11(17)7(15)4-8(16)12(13)18/h2-4H,5H2,1H3,(H,19,20). The van der Waals surface area contributed by atoms with E-state index < -0.39 is 18.5 Å². The van der Waals surface area contributed by atoms with Crippen LogP contribution < -0.4 is 5.32 Å². The molecule has 1 aromatic carbocycles. The number of benzene rings is 1. The molecule has 2 rings (SSSR count). The zero-order chi connectivity index (χ0) is 17.1. The molecular formula is C14H9Cl4NO3S.